The zero-order valence-electron chi connectivity index (χ0n) is 15.6. The number of anilines is 3. The van der Waals surface area contributed by atoms with Crippen LogP contribution in [-0.4, -0.2) is 31.4 Å². The van der Waals surface area contributed by atoms with Gasteiger partial charge in [0.15, 0.2) is 11.6 Å². The van der Waals surface area contributed by atoms with Crippen LogP contribution < -0.4 is 15.1 Å². The molecule has 0 saturated carbocycles. The van der Waals surface area contributed by atoms with Crippen molar-refractivity contribution in [2.45, 2.75) is 20.8 Å². The van der Waals surface area contributed by atoms with Gasteiger partial charge >= 0.3 is 0 Å². The van der Waals surface area contributed by atoms with Crippen molar-refractivity contribution in [3.8, 4) is 0 Å². The molecule has 2 amide bonds. The molecule has 0 fully saturated rings. The number of carbonyl (C=O) groups is 2. The first-order valence-electron chi connectivity index (χ1n) is 8.73. The quantitative estimate of drug-likeness (QED) is 0.801. The SMILES string of the molecule is CCN(CC)c1ccc(N(CC(=O)Nc2ccc(F)c(F)c2)C(C)=O)cc1. The number of benzene rings is 2. The third-order valence-electron chi connectivity index (χ3n) is 4.18. The molecule has 2 aromatic rings. The topological polar surface area (TPSA) is 52.6 Å². The van der Waals surface area contributed by atoms with Gasteiger partial charge in [-0.05, 0) is 50.2 Å². The summed E-state index contributed by atoms with van der Waals surface area (Å²) in [5, 5.41) is 2.47. The molecule has 2 rings (SSSR count). The molecular weight excluding hydrogens is 352 g/mol. The van der Waals surface area contributed by atoms with Gasteiger partial charge in [0.25, 0.3) is 0 Å². The minimum Gasteiger partial charge on any atom is -0.372 e. The minimum absolute atomic E-state index is 0.124. The van der Waals surface area contributed by atoms with E-state index in [1.807, 2.05) is 12.1 Å². The normalized spacial score (nSPS) is 10.4. The predicted octanol–water partition coefficient (Wildman–Crippen LogP) is 3.80. The number of hydrogen-bond acceptors (Lipinski definition) is 3. The van der Waals surface area contributed by atoms with Crippen LogP contribution in [0.25, 0.3) is 0 Å². The maximum Gasteiger partial charge on any atom is 0.244 e. The van der Waals surface area contributed by atoms with Gasteiger partial charge in [0.1, 0.15) is 6.54 Å². The van der Waals surface area contributed by atoms with Crippen molar-refractivity contribution >= 4 is 28.9 Å². The molecule has 1 N–H and O–H groups in total. The van der Waals surface area contributed by atoms with E-state index in [2.05, 4.69) is 24.1 Å². The zero-order chi connectivity index (χ0) is 20.0. The third kappa shape index (κ3) is 5.26. The fourth-order valence-electron chi connectivity index (χ4n) is 2.73. The average Bonchev–Trinajstić information content (AvgIpc) is 2.64. The second-order valence-corrected chi connectivity index (χ2v) is 5.97. The van der Waals surface area contributed by atoms with E-state index in [4.69, 9.17) is 0 Å². The first-order valence-corrected chi connectivity index (χ1v) is 8.73. The highest BCUT2D eigenvalue weighted by atomic mass is 19.2. The Balaban J connectivity index is 2.11. The monoisotopic (exact) mass is 375 g/mol. The number of nitrogens with zero attached hydrogens (tertiary/aromatic N) is 2. The Labute approximate surface area is 157 Å². The highest BCUT2D eigenvalue weighted by Crippen LogP contribution is 2.21. The Hall–Kier alpha value is -2.96. The van der Waals surface area contributed by atoms with Gasteiger partial charge in [-0.3, -0.25) is 9.59 Å². The van der Waals surface area contributed by atoms with Crippen LogP contribution >= 0.6 is 0 Å². The molecule has 0 aliphatic heterocycles. The van der Waals surface area contributed by atoms with Crippen LogP contribution in [0.3, 0.4) is 0 Å². The van der Waals surface area contributed by atoms with Crippen molar-refractivity contribution in [1.82, 2.24) is 0 Å². The molecule has 0 radical (unpaired) electrons. The van der Waals surface area contributed by atoms with Crippen LogP contribution in [-0.2, 0) is 9.59 Å². The van der Waals surface area contributed by atoms with E-state index in [-0.39, 0.29) is 18.1 Å². The lowest BCUT2D eigenvalue weighted by Crippen LogP contribution is -2.36. The maximum atomic E-state index is 13.3. The van der Waals surface area contributed by atoms with Gasteiger partial charge in [-0.1, -0.05) is 0 Å². The van der Waals surface area contributed by atoms with E-state index in [0.29, 0.717) is 5.69 Å². The lowest BCUT2D eigenvalue weighted by molar-refractivity contribution is -0.120. The van der Waals surface area contributed by atoms with Crippen LogP contribution in [0.4, 0.5) is 25.8 Å². The molecule has 0 aliphatic rings. The molecule has 144 valence electrons. The lowest BCUT2D eigenvalue weighted by Gasteiger charge is -2.24. The van der Waals surface area contributed by atoms with Gasteiger partial charge in [0.05, 0.1) is 0 Å². The van der Waals surface area contributed by atoms with Crippen LogP contribution in [0, 0.1) is 11.6 Å². The van der Waals surface area contributed by atoms with Crippen molar-refractivity contribution in [3.05, 3.63) is 54.1 Å². The summed E-state index contributed by atoms with van der Waals surface area (Å²) in [6.45, 7) is 6.97. The Bertz CT molecular complexity index is 805. The number of nitrogens with one attached hydrogen (secondary N) is 1. The summed E-state index contributed by atoms with van der Waals surface area (Å²) in [6.07, 6.45) is 0. The van der Waals surface area contributed by atoms with E-state index in [1.165, 1.54) is 17.9 Å². The van der Waals surface area contributed by atoms with Crippen molar-refractivity contribution in [2.24, 2.45) is 0 Å². The summed E-state index contributed by atoms with van der Waals surface area (Å²) < 4.78 is 26.2. The van der Waals surface area contributed by atoms with Gasteiger partial charge in [-0.15, -0.1) is 0 Å². The highest BCUT2D eigenvalue weighted by Gasteiger charge is 2.17. The third-order valence-corrected chi connectivity index (χ3v) is 4.18. The number of halogens is 2. The molecule has 0 atom stereocenters. The van der Waals surface area contributed by atoms with Gasteiger partial charge in [0, 0.05) is 43.1 Å². The van der Waals surface area contributed by atoms with Crippen molar-refractivity contribution in [2.75, 3.05) is 34.8 Å². The summed E-state index contributed by atoms with van der Waals surface area (Å²) in [4.78, 5) is 27.7. The van der Waals surface area contributed by atoms with Crippen LogP contribution in [0.2, 0.25) is 0 Å². The number of rotatable bonds is 7. The highest BCUT2D eigenvalue weighted by molar-refractivity contribution is 6.01. The summed E-state index contributed by atoms with van der Waals surface area (Å²) in [7, 11) is 0. The Morgan fingerprint density at radius 1 is 0.926 bits per heavy atom. The largest absolute Gasteiger partial charge is 0.372 e. The second kappa shape index (κ2) is 9.12. The number of carbonyl (C=O) groups excluding carboxylic acids is 2. The van der Waals surface area contributed by atoms with E-state index in [1.54, 1.807) is 12.1 Å². The summed E-state index contributed by atoms with van der Waals surface area (Å²) in [5.74, 6) is -2.86. The van der Waals surface area contributed by atoms with Crippen molar-refractivity contribution in [1.29, 1.82) is 0 Å². The standard InChI is InChI=1S/C20H23F2N3O2/c1-4-24(5-2)16-7-9-17(10-8-16)25(14(3)26)13-20(27)23-15-6-11-18(21)19(22)12-15/h6-12H,4-5,13H2,1-3H3,(H,23,27). The van der Waals surface area contributed by atoms with Crippen molar-refractivity contribution in [3.63, 3.8) is 0 Å². The Morgan fingerprint density at radius 3 is 2.04 bits per heavy atom. The fourth-order valence-corrected chi connectivity index (χ4v) is 2.73. The molecular formula is C20H23F2N3O2. The molecule has 0 spiro atoms. The number of amides is 2. The lowest BCUT2D eigenvalue weighted by atomic mass is 10.2. The summed E-state index contributed by atoms with van der Waals surface area (Å²) in [5.41, 5.74) is 1.73. The smallest absolute Gasteiger partial charge is 0.244 e. The molecule has 0 aromatic heterocycles. The van der Waals surface area contributed by atoms with E-state index in [0.717, 1.165) is 30.9 Å². The predicted molar refractivity (Wildman–Crippen MR) is 103 cm³/mol. The molecule has 0 unspecified atom stereocenters. The first kappa shape index (κ1) is 20.4. The molecule has 27 heavy (non-hydrogen) atoms. The van der Waals surface area contributed by atoms with E-state index in [9.17, 15) is 18.4 Å². The summed E-state index contributed by atoms with van der Waals surface area (Å²) in [6, 6.07) is 10.4. The Morgan fingerprint density at radius 2 is 1.52 bits per heavy atom. The van der Waals surface area contributed by atoms with Gasteiger partial charge in [-0.2, -0.15) is 0 Å². The average molecular weight is 375 g/mol. The second-order valence-electron chi connectivity index (χ2n) is 5.97. The summed E-state index contributed by atoms with van der Waals surface area (Å²) >= 11 is 0. The molecule has 0 aliphatic carbocycles. The molecule has 0 bridgehead atoms. The van der Waals surface area contributed by atoms with E-state index < -0.39 is 17.5 Å². The number of hydrogen-bond donors (Lipinski definition) is 1. The fraction of sp³-hybridized carbons (Fsp3) is 0.300. The van der Waals surface area contributed by atoms with Crippen molar-refractivity contribution < 1.29 is 18.4 Å². The molecule has 0 heterocycles. The van der Waals surface area contributed by atoms with Gasteiger partial charge in [-0.25, -0.2) is 8.78 Å². The molecule has 0 saturated heterocycles. The molecule has 5 nitrogen and oxygen atoms in total. The zero-order valence-corrected chi connectivity index (χ0v) is 15.6. The minimum atomic E-state index is -1.05. The maximum absolute atomic E-state index is 13.3. The van der Waals surface area contributed by atoms with Gasteiger partial charge < -0.3 is 15.1 Å². The molecule has 2 aromatic carbocycles. The van der Waals surface area contributed by atoms with Crippen LogP contribution in [0.15, 0.2) is 42.5 Å². The van der Waals surface area contributed by atoms with Crippen LogP contribution in [0.1, 0.15) is 20.8 Å². The van der Waals surface area contributed by atoms with Gasteiger partial charge in [0.2, 0.25) is 11.8 Å². The van der Waals surface area contributed by atoms with E-state index >= 15 is 0 Å². The molecule has 7 heteroatoms. The first-order chi connectivity index (χ1) is 12.8. The van der Waals surface area contributed by atoms with Crippen LogP contribution in [0.5, 0.6) is 0 Å². The Kier molecular flexibility index (Phi) is 6.87.